The van der Waals surface area contributed by atoms with Gasteiger partial charge in [-0.3, -0.25) is 4.90 Å². The van der Waals surface area contributed by atoms with E-state index in [2.05, 4.69) is 22.9 Å². The van der Waals surface area contributed by atoms with Gasteiger partial charge in [0.2, 0.25) is 0 Å². The Morgan fingerprint density at radius 2 is 2.57 bits per heavy atom. The van der Waals surface area contributed by atoms with Gasteiger partial charge in [0.1, 0.15) is 0 Å². The molecule has 0 unspecified atom stereocenters. The first kappa shape index (κ1) is 9.74. The number of H-pyrrole nitrogens is 1. The van der Waals surface area contributed by atoms with Crippen LogP contribution < -0.4 is 0 Å². The summed E-state index contributed by atoms with van der Waals surface area (Å²) in [5.41, 5.74) is 1.27. The van der Waals surface area contributed by atoms with Gasteiger partial charge >= 0.3 is 0 Å². The van der Waals surface area contributed by atoms with Crippen molar-refractivity contribution in [2.45, 2.75) is 19.4 Å². The standard InChI is InChI=1S/C11H18N2O/c1-9(11-3-2-5-12-11)13-6-4-10(7-13)8-14/h2-3,5,9-10,12,14H,4,6-8H2,1H3/t9-,10+/m0/s1. The van der Waals surface area contributed by atoms with Crippen LogP contribution >= 0.6 is 0 Å². The summed E-state index contributed by atoms with van der Waals surface area (Å²) in [6, 6.07) is 4.60. The molecule has 0 spiro atoms. The summed E-state index contributed by atoms with van der Waals surface area (Å²) in [5.74, 6) is 0.479. The average Bonchev–Trinajstić information content (AvgIpc) is 2.88. The number of aliphatic hydroxyl groups is 1. The molecule has 0 radical (unpaired) electrons. The van der Waals surface area contributed by atoms with Gasteiger partial charge in [0, 0.05) is 31.1 Å². The molecule has 2 heterocycles. The van der Waals surface area contributed by atoms with Crippen molar-refractivity contribution in [2.24, 2.45) is 5.92 Å². The number of nitrogens with zero attached hydrogens (tertiary/aromatic N) is 1. The van der Waals surface area contributed by atoms with Crippen molar-refractivity contribution in [3.63, 3.8) is 0 Å². The van der Waals surface area contributed by atoms with Crippen LogP contribution in [0.4, 0.5) is 0 Å². The lowest BCUT2D eigenvalue weighted by Crippen LogP contribution is -2.25. The zero-order valence-corrected chi connectivity index (χ0v) is 8.61. The first-order chi connectivity index (χ1) is 6.81. The Kier molecular flexibility index (Phi) is 2.89. The van der Waals surface area contributed by atoms with E-state index in [1.807, 2.05) is 12.3 Å². The molecule has 14 heavy (non-hydrogen) atoms. The zero-order valence-electron chi connectivity index (χ0n) is 8.61. The molecule has 1 fully saturated rings. The second-order valence-corrected chi connectivity index (χ2v) is 4.13. The van der Waals surface area contributed by atoms with Gasteiger partial charge in [0.05, 0.1) is 0 Å². The van der Waals surface area contributed by atoms with Crippen LogP contribution in [0.1, 0.15) is 25.1 Å². The van der Waals surface area contributed by atoms with Crippen molar-refractivity contribution in [2.75, 3.05) is 19.7 Å². The van der Waals surface area contributed by atoms with Crippen LogP contribution in [0.3, 0.4) is 0 Å². The summed E-state index contributed by atoms with van der Waals surface area (Å²) in [4.78, 5) is 5.67. The van der Waals surface area contributed by atoms with Crippen LogP contribution in [0.2, 0.25) is 0 Å². The zero-order chi connectivity index (χ0) is 9.97. The Hall–Kier alpha value is -0.800. The number of nitrogens with one attached hydrogen (secondary N) is 1. The van der Waals surface area contributed by atoms with Crippen molar-refractivity contribution in [1.29, 1.82) is 0 Å². The number of aromatic amines is 1. The van der Waals surface area contributed by atoms with E-state index in [0.29, 0.717) is 18.6 Å². The highest BCUT2D eigenvalue weighted by molar-refractivity contribution is 5.08. The number of hydrogen-bond donors (Lipinski definition) is 2. The highest BCUT2D eigenvalue weighted by Gasteiger charge is 2.26. The van der Waals surface area contributed by atoms with Gasteiger partial charge in [0.25, 0.3) is 0 Å². The summed E-state index contributed by atoms with van der Waals surface area (Å²) in [7, 11) is 0. The minimum Gasteiger partial charge on any atom is -0.396 e. The highest BCUT2D eigenvalue weighted by Crippen LogP contribution is 2.25. The van der Waals surface area contributed by atoms with E-state index < -0.39 is 0 Å². The molecule has 1 aromatic heterocycles. The van der Waals surface area contributed by atoms with E-state index in [-0.39, 0.29) is 0 Å². The first-order valence-electron chi connectivity index (χ1n) is 5.29. The van der Waals surface area contributed by atoms with Crippen LogP contribution in [-0.4, -0.2) is 34.7 Å². The van der Waals surface area contributed by atoms with Gasteiger partial charge in [-0.2, -0.15) is 0 Å². The maximum atomic E-state index is 9.06. The summed E-state index contributed by atoms with van der Waals surface area (Å²) in [6.07, 6.45) is 3.09. The predicted octanol–water partition coefficient (Wildman–Crippen LogP) is 1.39. The third-order valence-electron chi connectivity index (χ3n) is 3.20. The van der Waals surface area contributed by atoms with Crippen LogP contribution in [-0.2, 0) is 0 Å². The van der Waals surface area contributed by atoms with Crippen molar-refractivity contribution < 1.29 is 5.11 Å². The molecule has 78 valence electrons. The van der Waals surface area contributed by atoms with Gasteiger partial charge in [-0.05, 0) is 37.9 Å². The van der Waals surface area contributed by atoms with Crippen molar-refractivity contribution in [3.8, 4) is 0 Å². The SMILES string of the molecule is C[C@@H](c1ccc[nH]1)N1CC[C@@H](CO)C1. The maximum absolute atomic E-state index is 9.06. The van der Waals surface area contributed by atoms with Crippen LogP contribution in [0.5, 0.6) is 0 Å². The molecule has 2 rings (SSSR count). The Morgan fingerprint density at radius 3 is 3.14 bits per heavy atom. The van der Waals surface area contributed by atoms with E-state index in [9.17, 15) is 0 Å². The fraction of sp³-hybridized carbons (Fsp3) is 0.636. The van der Waals surface area contributed by atoms with Gasteiger partial charge in [-0.25, -0.2) is 0 Å². The molecular formula is C11H18N2O. The lowest BCUT2D eigenvalue weighted by atomic mass is 10.1. The molecule has 3 nitrogen and oxygen atoms in total. The van der Waals surface area contributed by atoms with Crippen molar-refractivity contribution in [1.82, 2.24) is 9.88 Å². The van der Waals surface area contributed by atoms with Crippen molar-refractivity contribution >= 4 is 0 Å². The number of aromatic nitrogens is 1. The average molecular weight is 194 g/mol. The summed E-state index contributed by atoms with van der Waals surface area (Å²) in [6.45, 7) is 4.67. The van der Waals surface area contributed by atoms with Gasteiger partial charge in [-0.15, -0.1) is 0 Å². The Morgan fingerprint density at radius 1 is 1.71 bits per heavy atom. The van der Waals surface area contributed by atoms with E-state index in [1.165, 1.54) is 5.69 Å². The topological polar surface area (TPSA) is 39.3 Å². The Balaban J connectivity index is 1.97. The minimum atomic E-state index is 0.327. The van der Waals surface area contributed by atoms with Crippen molar-refractivity contribution in [3.05, 3.63) is 24.0 Å². The Labute approximate surface area is 84.7 Å². The van der Waals surface area contributed by atoms with Crippen LogP contribution in [0.15, 0.2) is 18.3 Å². The van der Waals surface area contributed by atoms with Gasteiger partial charge in [-0.1, -0.05) is 0 Å². The molecule has 0 aliphatic carbocycles. The van der Waals surface area contributed by atoms with Gasteiger partial charge < -0.3 is 10.1 Å². The van der Waals surface area contributed by atoms with E-state index >= 15 is 0 Å². The minimum absolute atomic E-state index is 0.327. The number of hydrogen-bond acceptors (Lipinski definition) is 2. The predicted molar refractivity (Wildman–Crippen MR) is 56.0 cm³/mol. The Bertz CT molecular complexity index is 271. The normalized spacial score (nSPS) is 25.4. The number of aliphatic hydroxyl groups excluding tert-OH is 1. The third kappa shape index (κ3) is 1.83. The largest absolute Gasteiger partial charge is 0.396 e. The number of likely N-dealkylation sites (tertiary alicyclic amines) is 1. The smallest absolute Gasteiger partial charge is 0.0471 e. The molecule has 1 aliphatic rings. The fourth-order valence-corrected chi connectivity index (χ4v) is 2.16. The van der Waals surface area contributed by atoms with Crippen LogP contribution in [0.25, 0.3) is 0 Å². The molecule has 1 aromatic rings. The molecule has 1 saturated heterocycles. The molecule has 3 heteroatoms. The highest BCUT2D eigenvalue weighted by atomic mass is 16.3. The van der Waals surface area contributed by atoms with E-state index in [1.54, 1.807) is 0 Å². The molecule has 0 bridgehead atoms. The van der Waals surface area contributed by atoms with E-state index in [4.69, 9.17) is 5.11 Å². The molecular weight excluding hydrogens is 176 g/mol. The molecule has 0 amide bonds. The fourth-order valence-electron chi connectivity index (χ4n) is 2.16. The summed E-state index contributed by atoms with van der Waals surface area (Å²) >= 11 is 0. The van der Waals surface area contributed by atoms with Crippen LogP contribution in [0, 0.1) is 5.92 Å². The lowest BCUT2D eigenvalue weighted by Gasteiger charge is -2.23. The summed E-state index contributed by atoms with van der Waals surface area (Å²) < 4.78 is 0. The lowest BCUT2D eigenvalue weighted by molar-refractivity contribution is 0.203. The number of rotatable bonds is 3. The second kappa shape index (κ2) is 4.15. The third-order valence-corrected chi connectivity index (χ3v) is 3.20. The summed E-state index contributed by atoms with van der Waals surface area (Å²) in [5, 5.41) is 9.06. The molecule has 2 N–H and O–H groups in total. The maximum Gasteiger partial charge on any atom is 0.0471 e. The molecule has 2 atom stereocenters. The second-order valence-electron chi connectivity index (χ2n) is 4.13. The van der Waals surface area contributed by atoms with Gasteiger partial charge in [0.15, 0.2) is 0 Å². The first-order valence-corrected chi connectivity index (χ1v) is 5.29. The molecule has 1 aliphatic heterocycles. The molecule has 0 aromatic carbocycles. The van der Waals surface area contributed by atoms with E-state index in [0.717, 1.165) is 19.5 Å². The monoisotopic (exact) mass is 194 g/mol. The quantitative estimate of drug-likeness (QED) is 0.763. The molecule has 0 saturated carbocycles.